The second kappa shape index (κ2) is 52.9. The summed E-state index contributed by atoms with van der Waals surface area (Å²) in [5.41, 5.74) is 6.33. The van der Waals surface area contributed by atoms with E-state index < -0.39 is 90.1 Å². The van der Waals surface area contributed by atoms with Gasteiger partial charge in [-0.05, 0) is 158 Å². The quantitative estimate of drug-likeness (QED) is 0.00615. The first-order valence-corrected chi connectivity index (χ1v) is 54.4. The van der Waals surface area contributed by atoms with Gasteiger partial charge < -0.3 is 92.0 Å². The highest BCUT2D eigenvalue weighted by atomic mass is 79.9. The smallest absolute Gasteiger partial charge is 0.367 e. The van der Waals surface area contributed by atoms with Crippen LogP contribution in [0.15, 0.2) is 164 Å². The van der Waals surface area contributed by atoms with Crippen LogP contribution in [-0.4, -0.2) is 219 Å². The van der Waals surface area contributed by atoms with Crippen LogP contribution < -0.4 is 35.5 Å². The number of aryl methyl sites for hydroxylation is 3. The molecule has 3 aromatic heterocycles. The maximum atomic E-state index is 14.5. The number of Topliss-reactive ketones (excluding diaryl/α,β-unsaturated/α-hetero) is 3. The summed E-state index contributed by atoms with van der Waals surface area (Å²) < 4.78 is 120. The molecule has 6 heterocycles. The monoisotopic (exact) mass is 2000 g/mol. The second-order valence-corrected chi connectivity index (χ2v) is 49.1. The molecule has 132 heavy (non-hydrogen) atoms. The number of ether oxygens (including phenoxy) is 3. The maximum absolute atomic E-state index is 14.5. The molecule has 3 aliphatic rings. The molecular weight excluding hydrogens is 1880 g/mol. The van der Waals surface area contributed by atoms with Crippen molar-refractivity contribution in [1.29, 1.82) is 0 Å². The number of likely N-dealkylation sites (tertiary alicyclic amines) is 2. The van der Waals surface area contributed by atoms with E-state index in [1.54, 1.807) is 85.5 Å². The Bertz CT molecular complexity index is 5480. The first-order valence-electron chi connectivity index (χ1n) is 43.4. The number of amides is 5. The van der Waals surface area contributed by atoms with Crippen molar-refractivity contribution >= 4 is 143 Å². The van der Waals surface area contributed by atoms with Crippen LogP contribution in [0, 0.1) is 0 Å². The number of benzene rings is 6. The summed E-state index contributed by atoms with van der Waals surface area (Å²) >= 11 is 3.51. The Morgan fingerprint density at radius 2 is 0.773 bits per heavy atom. The van der Waals surface area contributed by atoms with Crippen LogP contribution in [0.25, 0.3) is 32.7 Å². The lowest BCUT2D eigenvalue weighted by Crippen LogP contribution is -2.47. The molecule has 0 bridgehead atoms. The lowest BCUT2D eigenvalue weighted by molar-refractivity contribution is -0.138. The molecule has 5 amide bonds. The first-order chi connectivity index (χ1) is 62.2. The zero-order valence-corrected chi connectivity index (χ0v) is 81.9. The molecule has 720 valence electrons. The van der Waals surface area contributed by atoms with Crippen molar-refractivity contribution in [2.75, 3.05) is 84.7 Å². The molecular formula is C92H121BrClF3N9O22P3Si. The number of nitrogens with zero attached hydrogens (tertiary/aromatic N) is 5. The van der Waals surface area contributed by atoms with E-state index >= 15 is 0 Å². The number of alkyl halides is 3. The van der Waals surface area contributed by atoms with E-state index in [-0.39, 0.29) is 144 Å². The lowest BCUT2D eigenvalue weighted by atomic mass is 10.1. The molecule has 0 unspecified atom stereocenters. The zero-order valence-electron chi connectivity index (χ0n) is 75.8. The summed E-state index contributed by atoms with van der Waals surface area (Å²) in [5, 5.41) is 22.0. The number of rotatable bonds is 41. The molecule has 6 aromatic carbocycles. The number of aliphatic carboxylic acids is 1. The van der Waals surface area contributed by atoms with Gasteiger partial charge in [-0.3, -0.25) is 56.8 Å². The van der Waals surface area contributed by atoms with Crippen LogP contribution in [-0.2, 0) is 99.5 Å². The highest BCUT2D eigenvalue weighted by molar-refractivity contribution is 9.26. The van der Waals surface area contributed by atoms with Crippen molar-refractivity contribution in [2.45, 2.75) is 182 Å². The standard InChI is InChI=1S/C31H39FN3O7P.C27H31FN3O7P.C17H22NO7P.C14H19FN2O.C3H9BrSi.ClH/c1-4-41-43(39,42-5-2)21-40-25-13-14-28-26(17-25)27(22(3)36)19-34(28)20-30(37)35-18-24(32)16-29(35)31(38)33-15-9-12-23-10-7-6-8-11-23;1-18(32)23-15-30(24-10-9-21(13-22(23)24)38-17-39(35,36)37)16-26(33)31-14-20(28)12-25(31)27(34)29-11-5-8-19-6-3-2-4-7-19;1-4-24-26(22,25-5-2)11-23-13-6-7-16-14(8-13)15(12(3)19)9-18(16)10-17(20)21;15-12-9-13(17-10-12)14(18)16-8-4-7-11-5-2-1-3-6-11;1-5(2,3)4;/h6-8,10-11,13-14,17,19,24,29H,4-5,9,12,15-16,18,20-21H2,1-3H3,(H,33,38);2-4,6-7,9-10,13,15,20,25H,5,8,11-12,14,16-17H2,1H3,(H,29,34)(H2,35,36,37);6-9H,4-5,10-11H2,1-3H3,(H,20,21);1-3,5-6,12-13,17H,4,7-10H2,(H,16,18);1-3H3;1H/t24-,29+;20-,25+;;12-,13+;;/m11.1../s1. The van der Waals surface area contributed by atoms with Gasteiger partial charge in [0.25, 0.3) is 0 Å². The van der Waals surface area contributed by atoms with Crippen LogP contribution in [0.5, 0.6) is 17.2 Å². The molecule has 7 N–H and O–H groups in total. The van der Waals surface area contributed by atoms with E-state index in [4.69, 9.17) is 47.2 Å². The molecule has 0 radical (unpaired) electrons. The summed E-state index contributed by atoms with van der Waals surface area (Å²) in [6.45, 7) is 18.5. The zero-order chi connectivity index (χ0) is 95.8. The van der Waals surface area contributed by atoms with Gasteiger partial charge in [0.1, 0.15) is 74.2 Å². The SMILES string of the molecule is CC(=O)c1cn(CC(=O)N2C[C@H](F)C[C@H]2C(=O)NCCCc2ccccc2)c2ccc(OCP(=O)(O)O)cc12.CCOP(=O)(COc1ccc2c(c1)c(C(C)=O)cn2CC(=O)N1C[C@H](F)C[C@H]1C(=O)NCCCc1ccccc1)OCC.CCOP(=O)(COc1ccc2c(c1)c(C(C)=O)cn2CC(=O)O)OCC.C[Si](C)(C)Br.Cl.O=C(NCCCc1ccccc1)[C@@H]1C[C@@H](F)CN1. The van der Waals surface area contributed by atoms with E-state index in [0.29, 0.717) is 94.4 Å². The van der Waals surface area contributed by atoms with Crippen LogP contribution in [0.2, 0.25) is 19.6 Å². The van der Waals surface area contributed by atoms with Crippen molar-refractivity contribution in [3.8, 4) is 17.2 Å². The normalized spacial score (nSPS) is 16.5. The largest absolute Gasteiger partial charge is 0.481 e. The van der Waals surface area contributed by atoms with E-state index in [0.717, 1.165) is 43.2 Å². The third-order valence-electron chi connectivity index (χ3n) is 20.6. The summed E-state index contributed by atoms with van der Waals surface area (Å²) in [4.78, 5) is 132. The van der Waals surface area contributed by atoms with E-state index in [9.17, 15) is 70.0 Å². The lowest BCUT2D eigenvalue weighted by Gasteiger charge is -2.24. The third kappa shape index (κ3) is 35.0. The Morgan fingerprint density at radius 3 is 1.06 bits per heavy atom. The Morgan fingerprint density at radius 1 is 0.462 bits per heavy atom. The van der Waals surface area contributed by atoms with E-state index in [1.165, 1.54) is 65.2 Å². The number of ketones is 3. The Kier molecular flexibility index (Phi) is 43.8. The predicted octanol–water partition coefficient (Wildman–Crippen LogP) is 15.8. The van der Waals surface area contributed by atoms with E-state index in [2.05, 4.69) is 68.3 Å². The molecule has 9 aromatic rings. The molecule has 40 heteroatoms. The third-order valence-corrected chi connectivity index (χ3v) is 24.5. The number of halogens is 5. The van der Waals surface area contributed by atoms with Crippen molar-refractivity contribution in [3.05, 3.63) is 198 Å². The molecule has 3 fully saturated rings. The van der Waals surface area contributed by atoms with Gasteiger partial charge in [-0.15, -0.1) is 27.7 Å². The molecule has 0 saturated carbocycles. The summed E-state index contributed by atoms with van der Waals surface area (Å²) in [6.07, 6.45) is 4.71. The first kappa shape index (κ1) is 109. The fraction of sp³-hybridized carbons (Fsp3) is 0.446. The van der Waals surface area contributed by atoms with Crippen molar-refractivity contribution < 1.29 is 117 Å². The minimum absolute atomic E-state index is 0. The van der Waals surface area contributed by atoms with Gasteiger partial charge in [-0.2, -0.15) is 0 Å². The highest BCUT2D eigenvalue weighted by Gasteiger charge is 2.42. The fourth-order valence-electron chi connectivity index (χ4n) is 14.7. The van der Waals surface area contributed by atoms with E-state index in [1.807, 2.05) is 78.9 Å². The molecule has 6 atom stereocenters. The summed E-state index contributed by atoms with van der Waals surface area (Å²) in [5.74, 6) is -2.56. The van der Waals surface area contributed by atoms with Crippen molar-refractivity contribution in [2.24, 2.45) is 0 Å². The number of hydrogen-bond acceptors (Lipinski definition) is 20. The molecule has 12 rings (SSSR count). The van der Waals surface area contributed by atoms with Crippen LogP contribution >= 0.6 is 50.5 Å². The Hall–Kier alpha value is -9.64. The number of fused-ring (bicyclic) bond motifs is 3. The topological polar surface area (TPSA) is 400 Å². The second-order valence-electron chi connectivity index (χ2n) is 32.3. The minimum Gasteiger partial charge on any atom is -0.481 e. The highest BCUT2D eigenvalue weighted by Crippen LogP contribution is 2.49. The summed E-state index contributed by atoms with van der Waals surface area (Å²) in [6, 6.07) is 42.1. The Labute approximate surface area is 781 Å². The van der Waals surface area contributed by atoms with Gasteiger partial charge in [0, 0.05) is 113 Å². The van der Waals surface area contributed by atoms with Gasteiger partial charge in [0.05, 0.1) is 45.6 Å². The van der Waals surface area contributed by atoms with Crippen molar-refractivity contribution in [1.82, 2.24) is 44.8 Å². The van der Waals surface area contributed by atoms with Crippen molar-refractivity contribution in [3.63, 3.8) is 0 Å². The molecule has 3 aliphatic heterocycles. The van der Waals surface area contributed by atoms with Gasteiger partial charge >= 0.3 is 28.8 Å². The number of hydrogen-bond donors (Lipinski definition) is 7. The van der Waals surface area contributed by atoms with Gasteiger partial charge in [-0.1, -0.05) is 111 Å². The van der Waals surface area contributed by atoms with Gasteiger partial charge in [-0.25, -0.2) is 13.2 Å². The van der Waals surface area contributed by atoms with Crippen LogP contribution in [0.3, 0.4) is 0 Å². The summed E-state index contributed by atoms with van der Waals surface area (Å²) in [7, 11) is -11.2. The average Bonchev–Trinajstić information content (AvgIpc) is 1.62. The number of nitrogens with one attached hydrogen (secondary N) is 4. The maximum Gasteiger partial charge on any atom is 0.367 e. The molecule has 0 aliphatic carbocycles. The molecule has 31 nitrogen and oxygen atoms in total. The number of carbonyl (C=O) groups excluding carboxylic acids is 8. The van der Waals surface area contributed by atoms with Crippen LogP contribution in [0.4, 0.5) is 13.2 Å². The predicted molar refractivity (Wildman–Crippen MR) is 508 cm³/mol. The number of carboxylic acids is 1. The molecule has 3 saturated heterocycles. The minimum atomic E-state index is -4.40. The Balaban J connectivity index is 0.000000245. The fourth-order valence-corrected chi connectivity index (χ4v) is 17.7. The number of carboxylic acid groups (broad SMARTS) is 1. The van der Waals surface area contributed by atoms with Gasteiger partial charge in [0.2, 0.25) is 29.5 Å². The molecule has 0 spiro atoms. The number of aromatic nitrogens is 3. The number of carbonyl (C=O) groups is 9. The average molecular weight is 2000 g/mol. The van der Waals surface area contributed by atoms with Crippen LogP contribution in [0.1, 0.15) is 135 Å². The van der Waals surface area contributed by atoms with Gasteiger partial charge in [0.15, 0.2) is 36.4 Å².